The molecular weight excluding hydrogens is 226 g/mol. The lowest BCUT2D eigenvalue weighted by atomic mass is 10.1. The maximum atomic E-state index is 11.8. The number of aliphatic hydroxyl groups excluding tert-OH is 1. The average molecular weight is 247 g/mol. The first-order chi connectivity index (χ1) is 8.65. The molecule has 1 amide bonds. The fraction of sp³-hybridized carbons (Fsp3) is 0.533. The average Bonchev–Trinajstić information content (AvgIpc) is 2.75. The van der Waals surface area contributed by atoms with Crippen molar-refractivity contribution in [3.8, 4) is 0 Å². The Bertz CT molecular complexity index is 399. The summed E-state index contributed by atoms with van der Waals surface area (Å²) in [4.78, 5) is 11.8. The SMILES string of the molecule is Cc1ccc(CC(=O)NCC2CCCC2O)cc1. The maximum Gasteiger partial charge on any atom is 0.224 e. The van der Waals surface area contributed by atoms with Crippen LogP contribution in [0, 0.1) is 12.8 Å². The van der Waals surface area contributed by atoms with Crippen LogP contribution in [0.1, 0.15) is 30.4 Å². The lowest BCUT2D eigenvalue weighted by Gasteiger charge is -2.15. The summed E-state index contributed by atoms with van der Waals surface area (Å²) in [6, 6.07) is 8.01. The molecule has 1 aliphatic carbocycles. The zero-order valence-electron chi connectivity index (χ0n) is 10.9. The van der Waals surface area contributed by atoms with Crippen LogP contribution < -0.4 is 5.32 Å². The number of nitrogens with one attached hydrogen (secondary N) is 1. The Labute approximate surface area is 108 Å². The van der Waals surface area contributed by atoms with Crippen molar-refractivity contribution in [3.05, 3.63) is 35.4 Å². The molecule has 2 N–H and O–H groups in total. The minimum Gasteiger partial charge on any atom is -0.393 e. The van der Waals surface area contributed by atoms with Crippen molar-refractivity contribution in [1.29, 1.82) is 0 Å². The summed E-state index contributed by atoms with van der Waals surface area (Å²) in [6.45, 7) is 2.64. The third kappa shape index (κ3) is 3.57. The predicted octanol–water partition coefficient (Wildman–Crippen LogP) is 1.81. The topological polar surface area (TPSA) is 49.3 Å². The first-order valence-electron chi connectivity index (χ1n) is 6.65. The zero-order chi connectivity index (χ0) is 13.0. The zero-order valence-corrected chi connectivity index (χ0v) is 10.9. The summed E-state index contributed by atoms with van der Waals surface area (Å²) >= 11 is 0. The van der Waals surface area contributed by atoms with Crippen molar-refractivity contribution >= 4 is 5.91 Å². The van der Waals surface area contributed by atoms with E-state index in [1.54, 1.807) is 0 Å². The van der Waals surface area contributed by atoms with Gasteiger partial charge in [0.15, 0.2) is 0 Å². The van der Waals surface area contributed by atoms with Crippen LogP contribution >= 0.6 is 0 Å². The predicted molar refractivity (Wildman–Crippen MR) is 71.2 cm³/mol. The molecule has 3 heteroatoms. The van der Waals surface area contributed by atoms with Crippen LogP contribution in [-0.4, -0.2) is 23.7 Å². The Kier molecular flexibility index (Phi) is 4.37. The normalized spacial score (nSPS) is 23.0. The van der Waals surface area contributed by atoms with Crippen molar-refractivity contribution in [1.82, 2.24) is 5.32 Å². The molecule has 0 aromatic heterocycles. The van der Waals surface area contributed by atoms with Crippen molar-refractivity contribution in [2.24, 2.45) is 5.92 Å². The first-order valence-corrected chi connectivity index (χ1v) is 6.65. The van der Waals surface area contributed by atoms with E-state index in [4.69, 9.17) is 0 Å². The van der Waals surface area contributed by atoms with Gasteiger partial charge < -0.3 is 10.4 Å². The molecule has 2 unspecified atom stereocenters. The van der Waals surface area contributed by atoms with E-state index in [-0.39, 0.29) is 17.9 Å². The number of aryl methyl sites for hydroxylation is 1. The highest BCUT2D eigenvalue weighted by Gasteiger charge is 2.25. The molecule has 1 aromatic rings. The molecule has 0 radical (unpaired) electrons. The van der Waals surface area contributed by atoms with E-state index in [9.17, 15) is 9.90 Å². The minimum atomic E-state index is -0.232. The second-order valence-corrected chi connectivity index (χ2v) is 5.22. The van der Waals surface area contributed by atoms with Crippen LogP contribution in [0.2, 0.25) is 0 Å². The molecule has 98 valence electrons. The second-order valence-electron chi connectivity index (χ2n) is 5.22. The molecule has 0 saturated heterocycles. The third-order valence-electron chi connectivity index (χ3n) is 3.67. The molecule has 1 saturated carbocycles. The molecule has 2 rings (SSSR count). The molecule has 0 spiro atoms. The van der Waals surface area contributed by atoms with E-state index in [1.807, 2.05) is 31.2 Å². The van der Waals surface area contributed by atoms with E-state index < -0.39 is 0 Å². The minimum absolute atomic E-state index is 0.0398. The van der Waals surface area contributed by atoms with Crippen molar-refractivity contribution in [2.45, 2.75) is 38.7 Å². The third-order valence-corrected chi connectivity index (χ3v) is 3.67. The van der Waals surface area contributed by atoms with Gasteiger partial charge in [-0.05, 0) is 25.3 Å². The van der Waals surface area contributed by atoms with E-state index in [0.29, 0.717) is 13.0 Å². The van der Waals surface area contributed by atoms with E-state index in [2.05, 4.69) is 5.32 Å². The molecule has 3 nitrogen and oxygen atoms in total. The van der Waals surface area contributed by atoms with Crippen molar-refractivity contribution < 1.29 is 9.90 Å². The number of hydrogen-bond donors (Lipinski definition) is 2. The number of benzene rings is 1. The van der Waals surface area contributed by atoms with Crippen molar-refractivity contribution in [3.63, 3.8) is 0 Å². The summed E-state index contributed by atoms with van der Waals surface area (Å²) in [5.41, 5.74) is 2.23. The van der Waals surface area contributed by atoms with Gasteiger partial charge in [-0.1, -0.05) is 36.2 Å². The van der Waals surface area contributed by atoms with Gasteiger partial charge >= 0.3 is 0 Å². The highest BCUT2D eigenvalue weighted by Crippen LogP contribution is 2.24. The van der Waals surface area contributed by atoms with Crippen LogP contribution in [0.3, 0.4) is 0 Å². The molecule has 0 bridgehead atoms. The smallest absolute Gasteiger partial charge is 0.224 e. The summed E-state index contributed by atoms with van der Waals surface area (Å²) < 4.78 is 0. The van der Waals surface area contributed by atoms with Gasteiger partial charge in [0.05, 0.1) is 12.5 Å². The number of hydrogen-bond acceptors (Lipinski definition) is 2. The van der Waals surface area contributed by atoms with E-state index >= 15 is 0 Å². The molecule has 1 aromatic carbocycles. The quantitative estimate of drug-likeness (QED) is 0.852. The second kappa shape index (κ2) is 6.01. The Morgan fingerprint density at radius 1 is 1.33 bits per heavy atom. The Balaban J connectivity index is 1.76. The van der Waals surface area contributed by atoms with Gasteiger partial charge in [0.2, 0.25) is 5.91 Å². The summed E-state index contributed by atoms with van der Waals surface area (Å²) in [7, 11) is 0. The summed E-state index contributed by atoms with van der Waals surface area (Å²) in [5.74, 6) is 0.282. The van der Waals surface area contributed by atoms with Crippen LogP contribution in [0.25, 0.3) is 0 Å². The number of amides is 1. The number of aliphatic hydroxyl groups is 1. The van der Waals surface area contributed by atoms with Gasteiger partial charge in [-0.15, -0.1) is 0 Å². The molecular formula is C15H21NO2. The van der Waals surface area contributed by atoms with Gasteiger partial charge in [0, 0.05) is 12.5 Å². The summed E-state index contributed by atoms with van der Waals surface area (Å²) in [6.07, 6.45) is 3.15. The van der Waals surface area contributed by atoms with Gasteiger partial charge in [-0.25, -0.2) is 0 Å². The standard InChI is InChI=1S/C15H21NO2/c1-11-5-7-12(8-6-11)9-15(18)16-10-13-3-2-4-14(13)17/h5-8,13-14,17H,2-4,9-10H2,1H3,(H,16,18). The van der Waals surface area contributed by atoms with E-state index in [1.165, 1.54) is 5.56 Å². The van der Waals surface area contributed by atoms with Gasteiger partial charge in [-0.3, -0.25) is 4.79 Å². The van der Waals surface area contributed by atoms with Crippen LogP contribution in [-0.2, 0) is 11.2 Å². The largest absolute Gasteiger partial charge is 0.393 e. The lowest BCUT2D eigenvalue weighted by Crippen LogP contribution is -2.33. The highest BCUT2D eigenvalue weighted by molar-refractivity contribution is 5.78. The Morgan fingerprint density at radius 3 is 2.67 bits per heavy atom. The number of carbonyl (C=O) groups excluding carboxylic acids is 1. The monoisotopic (exact) mass is 247 g/mol. The number of rotatable bonds is 4. The van der Waals surface area contributed by atoms with Gasteiger partial charge in [0.25, 0.3) is 0 Å². The fourth-order valence-electron chi connectivity index (χ4n) is 2.45. The first kappa shape index (κ1) is 13.1. The fourth-order valence-corrected chi connectivity index (χ4v) is 2.45. The molecule has 0 aliphatic heterocycles. The van der Waals surface area contributed by atoms with E-state index in [0.717, 1.165) is 24.8 Å². The van der Waals surface area contributed by atoms with Crippen LogP contribution in [0.5, 0.6) is 0 Å². The molecule has 2 atom stereocenters. The molecule has 1 fully saturated rings. The number of carbonyl (C=O) groups is 1. The van der Waals surface area contributed by atoms with Crippen LogP contribution in [0.15, 0.2) is 24.3 Å². The highest BCUT2D eigenvalue weighted by atomic mass is 16.3. The lowest BCUT2D eigenvalue weighted by molar-refractivity contribution is -0.120. The van der Waals surface area contributed by atoms with Crippen LogP contribution in [0.4, 0.5) is 0 Å². The molecule has 0 heterocycles. The van der Waals surface area contributed by atoms with Gasteiger partial charge in [0.1, 0.15) is 0 Å². The summed E-state index contributed by atoms with van der Waals surface area (Å²) in [5, 5.41) is 12.6. The Hall–Kier alpha value is -1.35. The Morgan fingerprint density at radius 2 is 2.06 bits per heavy atom. The maximum absolute atomic E-state index is 11.8. The molecule has 1 aliphatic rings. The van der Waals surface area contributed by atoms with Crippen molar-refractivity contribution in [2.75, 3.05) is 6.54 Å². The molecule has 18 heavy (non-hydrogen) atoms. The van der Waals surface area contributed by atoms with Gasteiger partial charge in [-0.2, -0.15) is 0 Å².